The van der Waals surface area contributed by atoms with Gasteiger partial charge >= 0.3 is 5.69 Å². The molecule has 1 fully saturated rings. The van der Waals surface area contributed by atoms with Gasteiger partial charge in [0.2, 0.25) is 5.91 Å². The third-order valence-electron chi connectivity index (χ3n) is 6.40. The summed E-state index contributed by atoms with van der Waals surface area (Å²) in [6.45, 7) is 19.5. The van der Waals surface area contributed by atoms with Gasteiger partial charge in [0, 0.05) is 25.2 Å². The lowest BCUT2D eigenvalue weighted by molar-refractivity contribution is -0.130. The Hall–Kier alpha value is -3.33. The van der Waals surface area contributed by atoms with Gasteiger partial charge in [0.05, 0.1) is 16.8 Å². The van der Waals surface area contributed by atoms with E-state index in [-0.39, 0.29) is 40.5 Å². The molecule has 2 atom stereocenters. The van der Waals surface area contributed by atoms with Crippen molar-refractivity contribution in [2.24, 2.45) is 10.9 Å². The first kappa shape index (κ1) is 27.3. The van der Waals surface area contributed by atoms with Gasteiger partial charge in [-0.3, -0.25) is 9.79 Å². The number of piperazine rings is 1. The zero-order valence-electron chi connectivity index (χ0n) is 21.5. The molecule has 0 saturated carbocycles. The van der Waals surface area contributed by atoms with Crippen LogP contribution in [0.15, 0.2) is 45.9 Å². The van der Waals surface area contributed by atoms with Gasteiger partial charge in [-0.05, 0) is 58.0 Å². The Balaban J connectivity index is 2.35. The Morgan fingerprint density at radius 1 is 1.28 bits per heavy atom. The molecule has 8 nitrogen and oxygen atoms in total. The van der Waals surface area contributed by atoms with Gasteiger partial charge in [0.25, 0.3) is 0 Å². The van der Waals surface area contributed by atoms with Crippen molar-refractivity contribution in [1.29, 1.82) is 0 Å². The molecule has 0 N–H and O–H groups in total. The zero-order chi connectivity index (χ0) is 26.9. The van der Waals surface area contributed by atoms with Crippen LogP contribution in [-0.2, 0) is 4.79 Å². The van der Waals surface area contributed by atoms with E-state index in [1.807, 2.05) is 52.5 Å². The monoisotopic (exact) mass is 514 g/mol. The molecular formula is C26H32ClFN6O2. The summed E-state index contributed by atoms with van der Waals surface area (Å²) < 4.78 is 16.1. The number of aromatic nitrogens is 3. The van der Waals surface area contributed by atoms with Crippen LogP contribution >= 0.6 is 11.6 Å². The van der Waals surface area contributed by atoms with E-state index in [1.54, 1.807) is 4.90 Å². The maximum atomic E-state index is 14.7. The van der Waals surface area contributed by atoms with Crippen LogP contribution in [0.25, 0.3) is 16.7 Å². The number of allylic oxidation sites excluding steroid dienone is 4. The Kier molecular flexibility index (Phi) is 8.13. The van der Waals surface area contributed by atoms with Gasteiger partial charge in [0.1, 0.15) is 5.82 Å². The number of pyridine rings is 1. The van der Waals surface area contributed by atoms with Crippen molar-refractivity contribution in [3.63, 3.8) is 0 Å². The predicted octanol–water partition coefficient (Wildman–Crippen LogP) is 4.69. The molecule has 0 unspecified atom stereocenters. The predicted molar refractivity (Wildman–Crippen MR) is 144 cm³/mol. The van der Waals surface area contributed by atoms with Crippen LogP contribution in [0.4, 0.5) is 10.2 Å². The molecule has 0 bridgehead atoms. The van der Waals surface area contributed by atoms with Crippen LogP contribution in [0.1, 0.15) is 41.5 Å². The second-order valence-electron chi connectivity index (χ2n) is 9.26. The second-order valence-corrected chi connectivity index (χ2v) is 9.61. The molecule has 36 heavy (non-hydrogen) atoms. The zero-order valence-corrected chi connectivity index (χ0v) is 22.3. The molecule has 1 amide bonds. The molecule has 0 aromatic carbocycles. The first-order chi connectivity index (χ1) is 17.0. The molecule has 0 spiro atoms. The molecule has 2 aromatic rings. The van der Waals surface area contributed by atoms with Crippen molar-refractivity contribution < 1.29 is 9.18 Å². The maximum Gasteiger partial charge on any atom is 0.355 e. The van der Waals surface area contributed by atoms with E-state index in [0.29, 0.717) is 29.9 Å². The molecular weight excluding hydrogens is 483 g/mol. The van der Waals surface area contributed by atoms with E-state index < -0.39 is 11.5 Å². The number of nitrogens with zero attached hydrogens (tertiary/aromatic N) is 6. The molecule has 192 valence electrons. The second kappa shape index (κ2) is 10.7. The van der Waals surface area contributed by atoms with E-state index in [0.717, 1.165) is 5.57 Å². The summed E-state index contributed by atoms with van der Waals surface area (Å²) in [5, 5.41) is -0.0287. The molecule has 3 heterocycles. The molecule has 0 aliphatic carbocycles. The number of rotatable bonds is 6. The minimum absolute atomic E-state index is 0.0675. The lowest BCUT2D eigenvalue weighted by atomic mass is 10.0. The highest BCUT2D eigenvalue weighted by molar-refractivity contribution is 6.30. The molecule has 2 aromatic heterocycles. The van der Waals surface area contributed by atoms with Crippen molar-refractivity contribution in [2.75, 3.05) is 18.0 Å². The van der Waals surface area contributed by atoms with Crippen LogP contribution in [0.5, 0.6) is 0 Å². The van der Waals surface area contributed by atoms with Crippen LogP contribution in [0.2, 0.25) is 5.15 Å². The fourth-order valence-electron chi connectivity index (χ4n) is 4.72. The van der Waals surface area contributed by atoms with Crippen molar-refractivity contribution in [1.82, 2.24) is 19.4 Å². The molecule has 1 aliphatic heterocycles. The van der Waals surface area contributed by atoms with Gasteiger partial charge in [-0.15, -0.1) is 0 Å². The Morgan fingerprint density at radius 3 is 2.39 bits per heavy atom. The Labute approximate surface area is 215 Å². The summed E-state index contributed by atoms with van der Waals surface area (Å²) in [5.74, 6) is -0.675. The summed E-state index contributed by atoms with van der Waals surface area (Å²) in [7, 11) is 0. The quantitative estimate of drug-likeness (QED) is 0.242. The number of carbonyl (C=O) groups excluding carboxylic acids is 1. The first-order valence-corrected chi connectivity index (χ1v) is 12.2. The smallest absolute Gasteiger partial charge is 0.352 e. The van der Waals surface area contributed by atoms with Gasteiger partial charge in [-0.2, -0.15) is 4.98 Å². The van der Waals surface area contributed by atoms with Crippen LogP contribution in [0, 0.1) is 11.7 Å². The lowest BCUT2D eigenvalue weighted by Crippen LogP contribution is -2.58. The fraction of sp³-hybridized carbons (Fsp3) is 0.423. The first-order valence-electron chi connectivity index (χ1n) is 11.8. The molecule has 1 aliphatic rings. The van der Waals surface area contributed by atoms with Crippen LogP contribution in [0.3, 0.4) is 0 Å². The molecule has 3 rings (SSSR count). The minimum atomic E-state index is -0.724. The maximum absolute atomic E-state index is 14.7. The Bertz CT molecular complexity index is 1330. The number of amides is 1. The number of fused-ring (bicyclic) bond motifs is 1. The van der Waals surface area contributed by atoms with Gasteiger partial charge < -0.3 is 9.80 Å². The third-order valence-corrected chi connectivity index (χ3v) is 6.66. The number of carbonyl (C=O) groups is 1. The third kappa shape index (κ3) is 4.84. The van der Waals surface area contributed by atoms with E-state index in [4.69, 9.17) is 11.6 Å². The highest BCUT2D eigenvalue weighted by atomic mass is 35.5. The van der Waals surface area contributed by atoms with Crippen molar-refractivity contribution in [3.8, 4) is 0 Å². The van der Waals surface area contributed by atoms with Gasteiger partial charge in [-0.1, -0.05) is 38.1 Å². The van der Waals surface area contributed by atoms with E-state index in [9.17, 15) is 14.0 Å². The van der Waals surface area contributed by atoms with E-state index >= 15 is 0 Å². The molecule has 1 saturated heterocycles. The summed E-state index contributed by atoms with van der Waals surface area (Å²) >= 11 is 6.10. The number of hydrogen-bond donors (Lipinski definition) is 0. The average Bonchev–Trinajstić information content (AvgIpc) is 2.82. The number of anilines is 1. The van der Waals surface area contributed by atoms with Gasteiger partial charge in [0.15, 0.2) is 16.6 Å². The summed E-state index contributed by atoms with van der Waals surface area (Å²) in [4.78, 5) is 42.5. The normalized spacial score (nSPS) is 19.5. The summed E-state index contributed by atoms with van der Waals surface area (Å²) in [5.41, 5.74) is 1.37. The minimum Gasteiger partial charge on any atom is -0.352 e. The van der Waals surface area contributed by atoms with Gasteiger partial charge in [-0.25, -0.2) is 18.7 Å². The SMILES string of the molecule is C=CC(=O)N1[C@H](C)CN(c2nc(=O)n(C(/C(C)=C\C)=C(/N=C)C(C)C)c3nc(Cl)c(F)cc23)C[C@@H]1C. The van der Waals surface area contributed by atoms with E-state index in [1.165, 1.54) is 16.7 Å². The average molecular weight is 515 g/mol. The fourth-order valence-corrected chi connectivity index (χ4v) is 4.86. The Morgan fingerprint density at radius 2 is 1.89 bits per heavy atom. The van der Waals surface area contributed by atoms with Crippen LogP contribution in [-0.4, -0.2) is 57.2 Å². The van der Waals surface area contributed by atoms with E-state index in [2.05, 4.69) is 28.3 Å². The van der Waals surface area contributed by atoms with Crippen molar-refractivity contribution in [2.45, 2.75) is 53.6 Å². The number of aliphatic imine (C=N–C) groups is 1. The van der Waals surface area contributed by atoms with Crippen molar-refractivity contribution in [3.05, 3.63) is 57.5 Å². The summed E-state index contributed by atoms with van der Waals surface area (Å²) in [6, 6.07) is 0.863. The standard InChI is InChI=1S/C26H32ClFN6O2/c1-9-15(5)22(21(29-8)14(3)4)34-25-18(11-19(28)23(27)30-25)24(31-26(34)36)32-12-16(6)33(17(7)13-32)20(35)10-2/h9-11,14,16-17H,2,8,12-13H2,1,3-7H3/b15-9-,22-21+/t16-,17+. The van der Waals surface area contributed by atoms with Crippen molar-refractivity contribution >= 4 is 46.8 Å². The lowest BCUT2D eigenvalue weighted by Gasteiger charge is -2.44. The number of hydrogen-bond acceptors (Lipinski definition) is 6. The van der Waals surface area contributed by atoms with Crippen LogP contribution < -0.4 is 10.6 Å². The topological polar surface area (TPSA) is 83.7 Å². The molecule has 0 radical (unpaired) electrons. The largest absolute Gasteiger partial charge is 0.355 e. The molecule has 10 heteroatoms. The summed E-state index contributed by atoms with van der Waals surface area (Å²) in [6.07, 6.45) is 3.13. The highest BCUT2D eigenvalue weighted by Crippen LogP contribution is 2.33. The number of halogens is 2. The highest BCUT2D eigenvalue weighted by Gasteiger charge is 2.34.